The molecule has 0 amide bonds. The van der Waals surface area contributed by atoms with Gasteiger partial charge in [-0.2, -0.15) is 0 Å². The van der Waals surface area contributed by atoms with E-state index >= 15 is 0 Å². The second-order valence-electron chi connectivity index (χ2n) is 4.13. The van der Waals surface area contributed by atoms with Crippen LogP contribution in [0.15, 0.2) is 30.3 Å². The molecule has 0 unspecified atom stereocenters. The van der Waals surface area contributed by atoms with Gasteiger partial charge >= 0.3 is 0 Å². The Labute approximate surface area is 86.5 Å². The highest BCUT2D eigenvalue weighted by molar-refractivity contribution is 5.21. The fourth-order valence-electron chi connectivity index (χ4n) is 2.51. The maximum Gasteiger partial charge on any atom is 0.0136 e. The third-order valence-electron chi connectivity index (χ3n) is 3.25. The van der Waals surface area contributed by atoms with Crippen molar-refractivity contribution in [3.05, 3.63) is 35.9 Å². The van der Waals surface area contributed by atoms with E-state index in [-0.39, 0.29) is 0 Å². The average Bonchev–Trinajstić information content (AvgIpc) is 2.74. The van der Waals surface area contributed by atoms with Gasteiger partial charge < -0.3 is 5.32 Å². The van der Waals surface area contributed by atoms with Gasteiger partial charge in [-0.3, -0.25) is 0 Å². The summed E-state index contributed by atoms with van der Waals surface area (Å²) in [6.07, 6.45) is 3.92. The molecule has 1 aromatic carbocycles. The van der Waals surface area contributed by atoms with Crippen LogP contribution in [-0.2, 0) is 0 Å². The summed E-state index contributed by atoms with van der Waals surface area (Å²) < 4.78 is 0. The van der Waals surface area contributed by atoms with Crippen molar-refractivity contribution in [2.45, 2.75) is 38.1 Å². The quantitative estimate of drug-likeness (QED) is 0.771. The van der Waals surface area contributed by atoms with Crippen molar-refractivity contribution in [2.24, 2.45) is 0 Å². The lowest BCUT2D eigenvalue weighted by atomic mass is 9.88. The van der Waals surface area contributed by atoms with Crippen LogP contribution < -0.4 is 5.32 Å². The zero-order valence-electron chi connectivity index (χ0n) is 8.87. The van der Waals surface area contributed by atoms with Gasteiger partial charge in [0.15, 0.2) is 0 Å². The summed E-state index contributed by atoms with van der Waals surface area (Å²) in [6, 6.07) is 11.6. The van der Waals surface area contributed by atoms with Crippen molar-refractivity contribution in [2.75, 3.05) is 6.54 Å². The number of hydrogen-bond donors (Lipinski definition) is 1. The van der Waals surface area contributed by atoms with Crippen molar-refractivity contribution in [1.29, 1.82) is 0 Å². The predicted octanol–water partition coefficient (Wildman–Crippen LogP) is 2.93. The van der Waals surface area contributed by atoms with Gasteiger partial charge in [-0.1, -0.05) is 37.3 Å². The van der Waals surface area contributed by atoms with Gasteiger partial charge in [-0.15, -0.1) is 0 Å². The number of nitrogens with one attached hydrogen (secondary N) is 1. The van der Waals surface area contributed by atoms with E-state index in [2.05, 4.69) is 42.6 Å². The molecule has 0 radical (unpaired) electrons. The van der Waals surface area contributed by atoms with Crippen molar-refractivity contribution < 1.29 is 0 Å². The zero-order chi connectivity index (χ0) is 9.80. The molecule has 1 aliphatic heterocycles. The van der Waals surface area contributed by atoms with E-state index in [1.807, 2.05) is 0 Å². The monoisotopic (exact) mass is 189 g/mol. The molecule has 2 rings (SSSR count). The molecular weight excluding hydrogens is 170 g/mol. The third kappa shape index (κ3) is 1.98. The van der Waals surface area contributed by atoms with Crippen molar-refractivity contribution in [3.8, 4) is 0 Å². The van der Waals surface area contributed by atoms with Gasteiger partial charge in [0.2, 0.25) is 0 Å². The van der Waals surface area contributed by atoms with Crippen LogP contribution in [0.3, 0.4) is 0 Å². The minimum Gasteiger partial charge on any atom is -0.313 e. The van der Waals surface area contributed by atoms with Crippen LogP contribution in [0.25, 0.3) is 0 Å². The molecule has 1 fully saturated rings. The molecule has 1 saturated heterocycles. The molecular formula is C13H19N. The highest BCUT2D eigenvalue weighted by atomic mass is 14.9. The van der Waals surface area contributed by atoms with Crippen LogP contribution in [0, 0.1) is 0 Å². The zero-order valence-corrected chi connectivity index (χ0v) is 8.87. The standard InChI is InChI=1S/C13H19N/c1-2-12(13-9-6-10-14-13)11-7-4-3-5-8-11/h3-5,7-8,12-14H,2,6,9-10H2,1H3/t12-,13-/m0/s1. The van der Waals surface area contributed by atoms with Crippen LogP contribution in [0.1, 0.15) is 37.7 Å². The van der Waals surface area contributed by atoms with E-state index in [1.54, 1.807) is 0 Å². The summed E-state index contributed by atoms with van der Waals surface area (Å²) in [5.41, 5.74) is 1.49. The van der Waals surface area contributed by atoms with Crippen molar-refractivity contribution in [1.82, 2.24) is 5.32 Å². The van der Waals surface area contributed by atoms with Gasteiger partial charge in [-0.05, 0) is 37.3 Å². The highest BCUT2D eigenvalue weighted by Gasteiger charge is 2.23. The van der Waals surface area contributed by atoms with E-state index in [4.69, 9.17) is 0 Å². The highest BCUT2D eigenvalue weighted by Crippen LogP contribution is 2.27. The maximum atomic E-state index is 3.61. The van der Waals surface area contributed by atoms with E-state index < -0.39 is 0 Å². The van der Waals surface area contributed by atoms with Gasteiger partial charge in [-0.25, -0.2) is 0 Å². The fourth-order valence-corrected chi connectivity index (χ4v) is 2.51. The molecule has 0 aromatic heterocycles. The Kier molecular flexibility index (Phi) is 3.20. The minimum absolute atomic E-state index is 0.707. The Hall–Kier alpha value is -0.820. The molecule has 1 N–H and O–H groups in total. The first-order valence-corrected chi connectivity index (χ1v) is 5.70. The van der Waals surface area contributed by atoms with Crippen molar-refractivity contribution in [3.63, 3.8) is 0 Å². The summed E-state index contributed by atoms with van der Waals surface area (Å²) in [6.45, 7) is 3.49. The first kappa shape index (κ1) is 9.72. The summed E-state index contributed by atoms with van der Waals surface area (Å²) in [5, 5.41) is 3.61. The largest absolute Gasteiger partial charge is 0.313 e. The molecule has 1 heterocycles. The molecule has 0 spiro atoms. The molecule has 14 heavy (non-hydrogen) atoms. The fraction of sp³-hybridized carbons (Fsp3) is 0.538. The van der Waals surface area contributed by atoms with Crippen LogP contribution >= 0.6 is 0 Å². The van der Waals surface area contributed by atoms with Gasteiger partial charge in [0, 0.05) is 6.04 Å². The Morgan fingerprint density at radius 2 is 2.14 bits per heavy atom. The van der Waals surface area contributed by atoms with Crippen LogP contribution in [0.2, 0.25) is 0 Å². The second kappa shape index (κ2) is 4.61. The number of benzene rings is 1. The predicted molar refractivity (Wildman–Crippen MR) is 60.5 cm³/mol. The van der Waals surface area contributed by atoms with Gasteiger partial charge in [0.1, 0.15) is 0 Å². The average molecular weight is 189 g/mol. The van der Waals surface area contributed by atoms with Crippen LogP contribution in [0.4, 0.5) is 0 Å². The van der Waals surface area contributed by atoms with Crippen LogP contribution in [0.5, 0.6) is 0 Å². The summed E-state index contributed by atoms with van der Waals surface area (Å²) in [5.74, 6) is 0.707. The van der Waals surface area contributed by atoms with Gasteiger partial charge in [0.25, 0.3) is 0 Å². The van der Waals surface area contributed by atoms with E-state index in [1.165, 1.54) is 31.4 Å². The first-order chi connectivity index (χ1) is 6.92. The Morgan fingerprint density at radius 1 is 1.36 bits per heavy atom. The van der Waals surface area contributed by atoms with Crippen molar-refractivity contribution >= 4 is 0 Å². The molecule has 0 aliphatic carbocycles. The molecule has 1 aromatic rings. The topological polar surface area (TPSA) is 12.0 Å². The molecule has 2 atom stereocenters. The Balaban J connectivity index is 2.12. The Morgan fingerprint density at radius 3 is 2.71 bits per heavy atom. The number of hydrogen-bond acceptors (Lipinski definition) is 1. The lowest BCUT2D eigenvalue weighted by molar-refractivity contribution is 0.477. The first-order valence-electron chi connectivity index (χ1n) is 5.70. The van der Waals surface area contributed by atoms with E-state index in [9.17, 15) is 0 Å². The normalized spacial score (nSPS) is 23.6. The molecule has 1 aliphatic rings. The number of rotatable bonds is 3. The lowest BCUT2D eigenvalue weighted by Crippen LogP contribution is -2.28. The SMILES string of the molecule is CC[C@@H](c1ccccc1)[C@@H]1CCCN1. The van der Waals surface area contributed by atoms with E-state index in [0.29, 0.717) is 12.0 Å². The lowest BCUT2D eigenvalue weighted by Gasteiger charge is -2.22. The minimum atomic E-state index is 0.707. The van der Waals surface area contributed by atoms with Crippen LogP contribution in [-0.4, -0.2) is 12.6 Å². The molecule has 76 valence electrons. The molecule has 1 nitrogen and oxygen atoms in total. The summed E-state index contributed by atoms with van der Waals surface area (Å²) in [4.78, 5) is 0. The van der Waals surface area contributed by atoms with E-state index in [0.717, 1.165) is 0 Å². The molecule has 0 bridgehead atoms. The Bertz CT molecular complexity index is 262. The van der Waals surface area contributed by atoms with Gasteiger partial charge in [0.05, 0.1) is 0 Å². The smallest absolute Gasteiger partial charge is 0.0136 e. The summed E-state index contributed by atoms with van der Waals surface area (Å²) >= 11 is 0. The molecule has 1 heteroatoms. The summed E-state index contributed by atoms with van der Waals surface area (Å²) in [7, 11) is 0. The second-order valence-corrected chi connectivity index (χ2v) is 4.13. The third-order valence-corrected chi connectivity index (χ3v) is 3.25. The maximum absolute atomic E-state index is 3.61. The molecule has 0 saturated carbocycles.